The third kappa shape index (κ3) is 2.20. The number of hydrogen-bond acceptors (Lipinski definition) is 1. The molecule has 18 heavy (non-hydrogen) atoms. The number of hydrogen-bond donors (Lipinski definition) is 0. The Kier molecular flexibility index (Phi) is 2.94. The molecule has 1 aromatic carbocycles. The van der Waals surface area contributed by atoms with E-state index in [9.17, 15) is 0 Å². The van der Waals surface area contributed by atoms with E-state index in [0.29, 0.717) is 0 Å². The Hall–Kier alpha value is -1.57. The number of fused-ring (bicyclic) bond motifs is 1. The number of imidazole rings is 1. The largest absolute Gasteiger partial charge is 0.332 e. The summed E-state index contributed by atoms with van der Waals surface area (Å²) in [5.41, 5.74) is 4.10. The van der Waals surface area contributed by atoms with Crippen molar-refractivity contribution in [3.05, 3.63) is 53.1 Å². The second kappa shape index (κ2) is 4.60. The van der Waals surface area contributed by atoms with E-state index in [4.69, 9.17) is 0 Å². The lowest BCUT2D eigenvalue weighted by atomic mass is 9.98. The van der Waals surface area contributed by atoms with Crippen LogP contribution in [0.3, 0.4) is 0 Å². The van der Waals surface area contributed by atoms with Crippen molar-refractivity contribution in [1.82, 2.24) is 9.55 Å². The predicted molar refractivity (Wildman–Crippen MR) is 73.7 cm³/mol. The van der Waals surface area contributed by atoms with Crippen molar-refractivity contribution in [1.29, 1.82) is 0 Å². The molecule has 94 valence electrons. The van der Waals surface area contributed by atoms with E-state index in [-0.39, 0.29) is 0 Å². The average molecular weight is 240 g/mol. The summed E-state index contributed by atoms with van der Waals surface area (Å²) in [6.07, 6.45) is 5.49. The molecular formula is C16H20N2. The van der Waals surface area contributed by atoms with Gasteiger partial charge in [-0.15, -0.1) is 0 Å². The zero-order valence-electron chi connectivity index (χ0n) is 11.2. The van der Waals surface area contributed by atoms with Gasteiger partial charge >= 0.3 is 0 Å². The first-order chi connectivity index (χ1) is 8.72. The highest BCUT2D eigenvalue weighted by Crippen LogP contribution is 2.22. The highest BCUT2D eigenvalue weighted by Gasteiger charge is 2.18. The van der Waals surface area contributed by atoms with Crippen molar-refractivity contribution in [2.75, 3.05) is 0 Å². The number of rotatable bonds is 2. The van der Waals surface area contributed by atoms with E-state index >= 15 is 0 Å². The van der Waals surface area contributed by atoms with Crippen LogP contribution in [0.2, 0.25) is 0 Å². The first-order valence-corrected chi connectivity index (χ1v) is 6.81. The molecule has 2 nitrogen and oxygen atoms in total. The summed E-state index contributed by atoms with van der Waals surface area (Å²) >= 11 is 0. The van der Waals surface area contributed by atoms with Gasteiger partial charge in [0.1, 0.15) is 5.82 Å². The van der Waals surface area contributed by atoms with Crippen LogP contribution < -0.4 is 0 Å². The van der Waals surface area contributed by atoms with E-state index in [1.807, 2.05) is 0 Å². The monoisotopic (exact) mass is 240 g/mol. The molecule has 0 saturated carbocycles. The Morgan fingerprint density at radius 1 is 1.39 bits per heavy atom. The quantitative estimate of drug-likeness (QED) is 0.787. The van der Waals surface area contributed by atoms with Crippen molar-refractivity contribution in [3.63, 3.8) is 0 Å². The van der Waals surface area contributed by atoms with Gasteiger partial charge in [0, 0.05) is 24.9 Å². The van der Waals surface area contributed by atoms with Crippen LogP contribution in [0.25, 0.3) is 0 Å². The third-order valence-electron chi connectivity index (χ3n) is 3.87. The summed E-state index contributed by atoms with van der Waals surface area (Å²) in [5.74, 6) is 2.03. The molecule has 0 N–H and O–H groups in total. The molecule has 2 heterocycles. The summed E-state index contributed by atoms with van der Waals surface area (Å²) in [6.45, 7) is 5.61. The number of aromatic nitrogens is 2. The second-order valence-electron chi connectivity index (χ2n) is 5.58. The maximum absolute atomic E-state index is 4.62. The zero-order chi connectivity index (χ0) is 12.5. The van der Waals surface area contributed by atoms with E-state index < -0.39 is 0 Å². The minimum atomic E-state index is 0.806. The molecule has 1 atom stereocenters. The SMILES string of the molecule is Cc1cccc(Cc2ncc3n2CCC(C)C3)c1. The molecule has 0 fully saturated rings. The van der Waals surface area contributed by atoms with Gasteiger partial charge in [0.15, 0.2) is 0 Å². The maximum atomic E-state index is 4.62. The molecule has 0 radical (unpaired) electrons. The Morgan fingerprint density at radius 2 is 2.28 bits per heavy atom. The molecule has 1 aliphatic heterocycles. The lowest BCUT2D eigenvalue weighted by molar-refractivity contribution is 0.410. The summed E-state index contributed by atoms with van der Waals surface area (Å²) in [4.78, 5) is 4.62. The van der Waals surface area contributed by atoms with Crippen LogP contribution in [-0.4, -0.2) is 9.55 Å². The Labute approximate surface area is 109 Å². The van der Waals surface area contributed by atoms with Crippen molar-refractivity contribution >= 4 is 0 Å². The van der Waals surface area contributed by atoms with E-state index in [0.717, 1.165) is 18.9 Å². The minimum absolute atomic E-state index is 0.806. The summed E-state index contributed by atoms with van der Waals surface area (Å²) < 4.78 is 2.42. The van der Waals surface area contributed by atoms with Crippen molar-refractivity contribution in [3.8, 4) is 0 Å². The van der Waals surface area contributed by atoms with Crippen LogP contribution in [0.4, 0.5) is 0 Å². The molecule has 0 bridgehead atoms. The molecule has 3 rings (SSSR count). The summed E-state index contributed by atoms with van der Waals surface area (Å²) in [6, 6.07) is 8.73. The minimum Gasteiger partial charge on any atom is -0.332 e. The standard InChI is InChI=1S/C16H20N2/c1-12-4-3-5-14(8-12)10-16-17-11-15-9-13(2)6-7-18(15)16/h3-5,8,11,13H,6-7,9-10H2,1-2H3. The fourth-order valence-corrected chi connectivity index (χ4v) is 2.84. The lowest BCUT2D eigenvalue weighted by Crippen LogP contribution is -2.18. The van der Waals surface area contributed by atoms with Gasteiger partial charge < -0.3 is 4.57 Å². The summed E-state index contributed by atoms with van der Waals surface area (Å²) in [7, 11) is 0. The first kappa shape index (κ1) is 11.5. The maximum Gasteiger partial charge on any atom is 0.113 e. The van der Waals surface area contributed by atoms with Crippen LogP contribution in [0.15, 0.2) is 30.5 Å². The van der Waals surface area contributed by atoms with Crippen molar-refractivity contribution in [2.24, 2.45) is 5.92 Å². The molecule has 0 spiro atoms. The summed E-state index contributed by atoms with van der Waals surface area (Å²) in [5, 5.41) is 0. The van der Waals surface area contributed by atoms with Gasteiger partial charge in [0.05, 0.1) is 0 Å². The molecule has 2 heteroatoms. The van der Waals surface area contributed by atoms with Crippen LogP contribution in [0.5, 0.6) is 0 Å². The van der Waals surface area contributed by atoms with Crippen LogP contribution in [-0.2, 0) is 19.4 Å². The fourth-order valence-electron chi connectivity index (χ4n) is 2.84. The number of aryl methyl sites for hydroxylation is 1. The van der Waals surface area contributed by atoms with Crippen LogP contribution in [0, 0.1) is 12.8 Å². The number of benzene rings is 1. The van der Waals surface area contributed by atoms with Gasteiger partial charge in [-0.2, -0.15) is 0 Å². The van der Waals surface area contributed by atoms with Crippen molar-refractivity contribution < 1.29 is 0 Å². The first-order valence-electron chi connectivity index (χ1n) is 6.81. The van der Waals surface area contributed by atoms with E-state index in [1.54, 1.807) is 0 Å². The highest BCUT2D eigenvalue weighted by molar-refractivity contribution is 5.25. The van der Waals surface area contributed by atoms with Gasteiger partial charge in [-0.05, 0) is 31.2 Å². The van der Waals surface area contributed by atoms with Gasteiger partial charge in [-0.25, -0.2) is 4.98 Å². The van der Waals surface area contributed by atoms with Crippen molar-refractivity contribution in [2.45, 2.75) is 39.7 Å². The second-order valence-corrected chi connectivity index (χ2v) is 5.58. The Morgan fingerprint density at radius 3 is 3.11 bits per heavy atom. The molecule has 0 amide bonds. The predicted octanol–water partition coefficient (Wildman–Crippen LogP) is 3.36. The Balaban J connectivity index is 1.86. The van der Waals surface area contributed by atoms with E-state index in [1.165, 1.54) is 35.5 Å². The van der Waals surface area contributed by atoms with Gasteiger partial charge in [0.25, 0.3) is 0 Å². The molecule has 1 unspecified atom stereocenters. The topological polar surface area (TPSA) is 17.8 Å². The Bertz CT molecular complexity index is 554. The highest BCUT2D eigenvalue weighted by atomic mass is 15.1. The normalized spacial score (nSPS) is 18.7. The molecular weight excluding hydrogens is 220 g/mol. The molecule has 0 aliphatic carbocycles. The van der Waals surface area contributed by atoms with Crippen LogP contribution in [0.1, 0.15) is 36.0 Å². The third-order valence-corrected chi connectivity index (χ3v) is 3.87. The average Bonchev–Trinajstić information content (AvgIpc) is 2.72. The van der Waals surface area contributed by atoms with Gasteiger partial charge in [-0.1, -0.05) is 36.8 Å². The van der Waals surface area contributed by atoms with Gasteiger partial charge in [-0.3, -0.25) is 0 Å². The molecule has 2 aromatic rings. The zero-order valence-corrected chi connectivity index (χ0v) is 11.2. The molecule has 0 saturated heterocycles. The van der Waals surface area contributed by atoms with Crippen LogP contribution >= 0.6 is 0 Å². The fraction of sp³-hybridized carbons (Fsp3) is 0.438. The molecule has 1 aliphatic rings. The number of nitrogens with zero attached hydrogens (tertiary/aromatic N) is 2. The lowest BCUT2D eigenvalue weighted by Gasteiger charge is -2.21. The smallest absolute Gasteiger partial charge is 0.113 e. The van der Waals surface area contributed by atoms with E-state index in [2.05, 4.69) is 53.9 Å². The molecule has 1 aromatic heterocycles. The van der Waals surface area contributed by atoms with Gasteiger partial charge in [0.2, 0.25) is 0 Å².